The Kier molecular flexibility index (Phi) is 5.69. The average molecular weight is 288 g/mol. The third-order valence-electron chi connectivity index (χ3n) is 3.16. The van der Waals surface area contributed by atoms with Gasteiger partial charge in [-0.1, -0.05) is 11.8 Å². The fraction of sp³-hybridized carbons (Fsp3) is 0.467. The predicted molar refractivity (Wildman–Crippen MR) is 79.7 cm³/mol. The van der Waals surface area contributed by atoms with E-state index in [2.05, 4.69) is 27.0 Å². The van der Waals surface area contributed by atoms with E-state index in [0.29, 0.717) is 25.4 Å². The van der Waals surface area contributed by atoms with Gasteiger partial charge in [-0.15, -0.1) is 0 Å². The Bertz CT molecular complexity index is 533. The van der Waals surface area contributed by atoms with Crippen LogP contribution in [0.4, 0.5) is 0 Å². The Hall–Kier alpha value is -1.94. The number of amides is 1. The first-order valence-corrected chi connectivity index (χ1v) is 6.92. The first-order valence-electron chi connectivity index (χ1n) is 6.92. The van der Waals surface area contributed by atoms with E-state index in [1.807, 2.05) is 7.05 Å². The summed E-state index contributed by atoms with van der Waals surface area (Å²) >= 11 is 0. The molecule has 2 heterocycles. The number of rotatable bonds is 3. The van der Waals surface area contributed by atoms with Crippen LogP contribution in [0.15, 0.2) is 18.3 Å². The van der Waals surface area contributed by atoms with Crippen LogP contribution in [-0.2, 0) is 4.74 Å². The zero-order chi connectivity index (χ0) is 15.1. The number of hydrogen-bond donors (Lipinski definition) is 2. The molecule has 0 radical (unpaired) electrons. The lowest BCUT2D eigenvalue weighted by atomic mass is 10.2. The highest BCUT2D eigenvalue weighted by atomic mass is 16.5. The van der Waals surface area contributed by atoms with Crippen LogP contribution in [0.5, 0.6) is 0 Å². The molecule has 3 N–H and O–H groups in total. The number of ether oxygens (including phenoxy) is 1. The average Bonchev–Trinajstić information content (AvgIpc) is 2.51. The topological polar surface area (TPSA) is 80.5 Å². The van der Waals surface area contributed by atoms with E-state index < -0.39 is 0 Å². The second kappa shape index (κ2) is 7.74. The lowest BCUT2D eigenvalue weighted by molar-refractivity contribution is -0.0175. The van der Waals surface area contributed by atoms with Crippen LogP contribution in [0.3, 0.4) is 0 Å². The van der Waals surface area contributed by atoms with Gasteiger partial charge >= 0.3 is 0 Å². The Labute approximate surface area is 124 Å². The van der Waals surface area contributed by atoms with Gasteiger partial charge in [0.1, 0.15) is 5.69 Å². The highest BCUT2D eigenvalue weighted by Crippen LogP contribution is 2.03. The molecule has 0 spiro atoms. The van der Waals surface area contributed by atoms with E-state index in [4.69, 9.17) is 10.5 Å². The number of nitrogens with one attached hydrogen (secondary N) is 1. The summed E-state index contributed by atoms with van der Waals surface area (Å²) in [6, 6.07) is 3.42. The van der Waals surface area contributed by atoms with Gasteiger partial charge in [0.25, 0.3) is 5.91 Å². The van der Waals surface area contributed by atoms with E-state index in [1.54, 1.807) is 18.3 Å². The highest BCUT2D eigenvalue weighted by Gasteiger charge is 2.18. The van der Waals surface area contributed by atoms with E-state index in [1.165, 1.54) is 0 Å². The summed E-state index contributed by atoms with van der Waals surface area (Å²) in [6.45, 7) is 3.24. The third kappa shape index (κ3) is 4.83. The predicted octanol–water partition coefficient (Wildman–Crippen LogP) is -0.548. The maximum Gasteiger partial charge on any atom is 0.269 e. The minimum Gasteiger partial charge on any atom is -0.374 e. The summed E-state index contributed by atoms with van der Waals surface area (Å²) in [7, 11) is 2.04. The van der Waals surface area contributed by atoms with E-state index >= 15 is 0 Å². The number of carbonyl (C=O) groups is 1. The lowest BCUT2D eigenvalue weighted by Crippen LogP contribution is -2.46. The largest absolute Gasteiger partial charge is 0.374 e. The van der Waals surface area contributed by atoms with Crippen molar-refractivity contribution >= 4 is 5.91 Å². The summed E-state index contributed by atoms with van der Waals surface area (Å²) in [5.74, 6) is 5.40. The molecule has 112 valence electrons. The van der Waals surface area contributed by atoms with Gasteiger partial charge in [-0.3, -0.25) is 4.79 Å². The zero-order valence-electron chi connectivity index (χ0n) is 12.1. The van der Waals surface area contributed by atoms with Gasteiger partial charge < -0.3 is 20.7 Å². The number of hydrogen-bond acceptors (Lipinski definition) is 5. The number of carbonyl (C=O) groups excluding carboxylic acids is 1. The molecule has 21 heavy (non-hydrogen) atoms. The summed E-state index contributed by atoms with van der Waals surface area (Å²) in [5.41, 5.74) is 6.42. The Morgan fingerprint density at radius 1 is 1.62 bits per heavy atom. The van der Waals surface area contributed by atoms with E-state index in [0.717, 1.165) is 18.7 Å². The monoisotopic (exact) mass is 288 g/mol. The number of likely N-dealkylation sites (N-methyl/N-ethyl adjacent to an activating group) is 1. The maximum absolute atomic E-state index is 12.0. The molecule has 1 aliphatic heterocycles. The van der Waals surface area contributed by atoms with Crippen molar-refractivity contribution < 1.29 is 9.53 Å². The van der Waals surface area contributed by atoms with Crippen LogP contribution < -0.4 is 11.1 Å². The maximum atomic E-state index is 12.0. The number of morpholine rings is 1. The zero-order valence-corrected chi connectivity index (χ0v) is 12.1. The van der Waals surface area contributed by atoms with Crippen LogP contribution in [0.1, 0.15) is 16.1 Å². The molecule has 6 nitrogen and oxygen atoms in total. The number of nitrogens with zero attached hydrogens (tertiary/aromatic N) is 2. The SMILES string of the molecule is CN1CCOC(CNC(=O)c2ccc(C#CCN)cn2)C1. The van der Waals surface area contributed by atoms with Crippen molar-refractivity contribution in [1.29, 1.82) is 0 Å². The van der Waals surface area contributed by atoms with Crippen molar-refractivity contribution in [3.8, 4) is 11.8 Å². The molecule has 1 saturated heterocycles. The molecule has 6 heteroatoms. The van der Waals surface area contributed by atoms with Crippen molar-refractivity contribution in [1.82, 2.24) is 15.2 Å². The van der Waals surface area contributed by atoms with Crippen LogP contribution in [0.2, 0.25) is 0 Å². The minimum atomic E-state index is -0.204. The second-order valence-corrected chi connectivity index (χ2v) is 4.90. The molecular formula is C15H20N4O2. The molecule has 1 atom stereocenters. The van der Waals surface area contributed by atoms with E-state index in [9.17, 15) is 4.79 Å². The summed E-state index contributed by atoms with van der Waals surface area (Å²) in [5, 5.41) is 2.84. The van der Waals surface area contributed by atoms with Gasteiger partial charge in [0.05, 0.1) is 19.3 Å². The van der Waals surface area contributed by atoms with Crippen molar-refractivity contribution in [3.05, 3.63) is 29.6 Å². The van der Waals surface area contributed by atoms with Gasteiger partial charge in [0, 0.05) is 31.4 Å². The fourth-order valence-electron chi connectivity index (χ4n) is 2.04. The smallest absolute Gasteiger partial charge is 0.269 e. The Morgan fingerprint density at radius 3 is 3.14 bits per heavy atom. The normalized spacial score (nSPS) is 18.7. The van der Waals surface area contributed by atoms with Crippen LogP contribution in [0, 0.1) is 11.8 Å². The quantitative estimate of drug-likeness (QED) is 0.730. The Morgan fingerprint density at radius 2 is 2.48 bits per heavy atom. The molecule has 0 aromatic carbocycles. The molecule has 1 unspecified atom stereocenters. The standard InChI is InChI=1S/C15H20N4O2/c1-19-7-8-21-13(11-19)10-18-15(20)14-5-4-12(9-17-14)3-2-6-16/h4-5,9,13H,6-8,10-11,16H2,1H3,(H,18,20). The molecule has 1 aromatic rings. The molecule has 1 amide bonds. The van der Waals surface area contributed by atoms with E-state index in [-0.39, 0.29) is 12.0 Å². The third-order valence-corrected chi connectivity index (χ3v) is 3.16. The van der Waals surface area contributed by atoms with Crippen LogP contribution in [0.25, 0.3) is 0 Å². The molecule has 0 saturated carbocycles. The number of nitrogens with two attached hydrogens (primary N) is 1. The van der Waals surface area contributed by atoms with Crippen molar-refractivity contribution in [2.24, 2.45) is 5.73 Å². The van der Waals surface area contributed by atoms with Crippen LogP contribution in [-0.4, -0.2) is 61.7 Å². The van der Waals surface area contributed by atoms with Gasteiger partial charge in [0.15, 0.2) is 0 Å². The molecule has 1 fully saturated rings. The molecule has 0 bridgehead atoms. The molecule has 1 aromatic heterocycles. The van der Waals surface area contributed by atoms with Crippen molar-refractivity contribution in [2.45, 2.75) is 6.10 Å². The van der Waals surface area contributed by atoms with Gasteiger partial charge in [-0.2, -0.15) is 0 Å². The molecular weight excluding hydrogens is 268 g/mol. The fourth-order valence-corrected chi connectivity index (χ4v) is 2.04. The second-order valence-electron chi connectivity index (χ2n) is 4.90. The van der Waals surface area contributed by atoms with Crippen molar-refractivity contribution in [2.75, 3.05) is 39.8 Å². The Balaban J connectivity index is 1.85. The lowest BCUT2D eigenvalue weighted by Gasteiger charge is -2.30. The summed E-state index contributed by atoms with van der Waals surface area (Å²) in [4.78, 5) is 18.3. The van der Waals surface area contributed by atoms with Crippen molar-refractivity contribution in [3.63, 3.8) is 0 Å². The number of pyridine rings is 1. The molecule has 1 aliphatic rings. The number of aromatic nitrogens is 1. The van der Waals surface area contributed by atoms with Gasteiger partial charge in [0.2, 0.25) is 0 Å². The summed E-state index contributed by atoms with van der Waals surface area (Å²) < 4.78 is 5.59. The first kappa shape index (κ1) is 15.4. The highest BCUT2D eigenvalue weighted by molar-refractivity contribution is 5.92. The van der Waals surface area contributed by atoms with Crippen LogP contribution >= 0.6 is 0 Å². The summed E-state index contributed by atoms with van der Waals surface area (Å²) in [6.07, 6.45) is 1.60. The molecule has 2 rings (SSSR count). The minimum absolute atomic E-state index is 0.0300. The van der Waals surface area contributed by atoms with Gasteiger partial charge in [-0.25, -0.2) is 4.98 Å². The first-order chi connectivity index (χ1) is 10.2. The van der Waals surface area contributed by atoms with Gasteiger partial charge in [-0.05, 0) is 19.2 Å². The molecule has 0 aliphatic carbocycles.